The Labute approximate surface area is 65.0 Å². The summed E-state index contributed by atoms with van der Waals surface area (Å²) in [7, 11) is 0. The zero-order valence-corrected chi connectivity index (χ0v) is 6.32. The van der Waals surface area contributed by atoms with Gasteiger partial charge in [0.05, 0.1) is 6.04 Å². The number of carbonyl (C=O) groups is 1. The first-order chi connectivity index (χ1) is 5.20. The molecule has 4 nitrogen and oxygen atoms in total. The molecular weight excluding hydrogens is 142 g/mol. The van der Waals surface area contributed by atoms with Crippen molar-refractivity contribution in [3.05, 3.63) is 24.5 Å². The monoisotopic (exact) mass is 153 g/mol. The predicted octanol–water partition coefficient (Wildman–Crippen LogP) is -0.0946. The van der Waals surface area contributed by atoms with E-state index in [1.165, 1.54) is 0 Å². The first-order valence-corrected chi connectivity index (χ1v) is 3.39. The van der Waals surface area contributed by atoms with Gasteiger partial charge in [-0.05, 0) is 19.1 Å². The third kappa shape index (κ3) is 2.09. The quantitative estimate of drug-likeness (QED) is 0.623. The molecule has 0 saturated carbocycles. The lowest BCUT2D eigenvalue weighted by atomic mass is 10.3. The van der Waals surface area contributed by atoms with Crippen LogP contribution >= 0.6 is 0 Å². The van der Waals surface area contributed by atoms with Gasteiger partial charge in [-0.3, -0.25) is 14.9 Å². The third-order valence-electron chi connectivity index (χ3n) is 1.26. The minimum atomic E-state index is -0.475. The standard InChI is InChI=1S/C7H11N3O/c1-6(8)7(11)9-10-4-2-3-5-10/h2-6H,8H2,1H3,(H,9,11). The summed E-state index contributed by atoms with van der Waals surface area (Å²) in [6, 6.07) is 3.17. The van der Waals surface area contributed by atoms with E-state index in [4.69, 9.17) is 5.73 Å². The Morgan fingerprint density at radius 1 is 1.55 bits per heavy atom. The lowest BCUT2D eigenvalue weighted by Crippen LogP contribution is -2.36. The van der Waals surface area contributed by atoms with Crippen LogP contribution in [0.1, 0.15) is 6.92 Å². The highest BCUT2D eigenvalue weighted by molar-refractivity contribution is 5.88. The van der Waals surface area contributed by atoms with Gasteiger partial charge in [0.25, 0.3) is 5.91 Å². The third-order valence-corrected chi connectivity index (χ3v) is 1.26. The molecule has 11 heavy (non-hydrogen) atoms. The number of hydrogen-bond acceptors (Lipinski definition) is 2. The largest absolute Gasteiger partial charge is 0.320 e. The fourth-order valence-electron chi connectivity index (χ4n) is 0.638. The topological polar surface area (TPSA) is 60.1 Å². The highest BCUT2D eigenvalue weighted by Gasteiger charge is 2.05. The molecule has 0 aliphatic carbocycles. The van der Waals surface area contributed by atoms with Crippen molar-refractivity contribution in [2.75, 3.05) is 5.43 Å². The van der Waals surface area contributed by atoms with Gasteiger partial charge in [-0.15, -0.1) is 0 Å². The number of nitrogens with one attached hydrogen (secondary N) is 1. The number of aromatic nitrogens is 1. The van der Waals surface area contributed by atoms with Crippen LogP contribution in [-0.2, 0) is 4.79 Å². The van der Waals surface area contributed by atoms with Crippen molar-refractivity contribution in [2.45, 2.75) is 13.0 Å². The minimum absolute atomic E-state index is 0.193. The van der Waals surface area contributed by atoms with Crippen LogP contribution < -0.4 is 11.2 Å². The van der Waals surface area contributed by atoms with E-state index >= 15 is 0 Å². The van der Waals surface area contributed by atoms with Crippen LogP contribution in [-0.4, -0.2) is 16.6 Å². The fraction of sp³-hybridized carbons (Fsp3) is 0.286. The molecule has 0 radical (unpaired) electrons. The second-order valence-electron chi connectivity index (χ2n) is 2.36. The Morgan fingerprint density at radius 3 is 2.55 bits per heavy atom. The summed E-state index contributed by atoms with van der Waals surface area (Å²) in [4.78, 5) is 11.0. The van der Waals surface area contributed by atoms with Gasteiger partial charge in [-0.1, -0.05) is 0 Å². The maximum atomic E-state index is 11.0. The number of carbonyl (C=O) groups excluding carboxylic acids is 1. The van der Waals surface area contributed by atoms with E-state index < -0.39 is 6.04 Å². The lowest BCUT2D eigenvalue weighted by molar-refractivity contribution is -0.117. The Kier molecular flexibility index (Phi) is 2.28. The molecule has 0 saturated heterocycles. The van der Waals surface area contributed by atoms with Crippen LogP contribution in [0, 0.1) is 0 Å². The van der Waals surface area contributed by atoms with E-state index in [9.17, 15) is 4.79 Å². The summed E-state index contributed by atoms with van der Waals surface area (Å²) in [5.74, 6) is -0.193. The summed E-state index contributed by atoms with van der Waals surface area (Å²) in [5, 5.41) is 0. The number of rotatable bonds is 2. The van der Waals surface area contributed by atoms with E-state index in [1.54, 1.807) is 24.0 Å². The second kappa shape index (κ2) is 3.21. The van der Waals surface area contributed by atoms with Crippen LogP contribution in [0.4, 0.5) is 0 Å². The number of nitrogens with zero attached hydrogens (tertiary/aromatic N) is 1. The first-order valence-electron chi connectivity index (χ1n) is 3.39. The summed E-state index contributed by atoms with van der Waals surface area (Å²) in [5.41, 5.74) is 7.90. The molecule has 4 heteroatoms. The van der Waals surface area contributed by atoms with Crippen molar-refractivity contribution in [1.29, 1.82) is 0 Å². The summed E-state index contributed by atoms with van der Waals surface area (Å²) < 4.78 is 1.56. The molecule has 1 aromatic rings. The number of hydrogen-bond donors (Lipinski definition) is 2. The molecule has 1 unspecified atom stereocenters. The van der Waals surface area contributed by atoms with Crippen molar-refractivity contribution in [3.8, 4) is 0 Å². The van der Waals surface area contributed by atoms with Crippen LogP contribution in [0.25, 0.3) is 0 Å². The normalized spacial score (nSPS) is 12.5. The Balaban J connectivity index is 2.50. The smallest absolute Gasteiger partial charge is 0.255 e. The molecule has 0 aliphatic rings. The Bertz CT molecular complexity index is 228. The van der Waals surface area contributed by atoms with Gasteiger partial charge in [0.2, 0.25) is 0 Å². The minimum Gasteiger partial charge on any atom is -0.320 e. The lowest BCUT2D eigenvalue weighted by Gasteiger charge is -2.07. The molecule has 1 heterocycles. The highest BCUT2D eigenvalue weighted by Crippen LogP contribution is 1.86. The number of nitrogens with two attached hydrogens (primary N) is 1. The SMILES string of the molecule is CC(N)C(=O)Nn1cccc1. The molecule has 0 aliphatic heterocycles. The maximum absolute atomic E-state index is 11.0. The summed E-state index contributed by atoms with van der Waals surface area (Å²) >= 11 is 0. The zero-order valence-electron chi connectivity index (χ0n) is 6.32. The average molecular weight is 153 g/mol. The molecule has 1 amide bonds. The van der Waals surface area contributed by atoms with Gasteiger partial charge in [0.1, 0.15) is 0 Å². The molecule has 0 fully saturated rings. The van der Waals surface area contributed by atoms with Crippen LogP contribution in [0.5, 0.6) is 0 Å². The molecule has 1 aromatic heterocycles. The van der Waals surface area contributed by atoms with Gasteiger partial charge >= 0.3 is 0 Å². The van der Waals surface area contributed by atoms with E-state index in [0.717, 1.165) is 0 Å². The van der Waals surface area contributed by atoms with Crippen molar-refractivity contribution in [1.82, 2.24) is 4.68 Å². The van der Waals surface area contributed by atoms with Gasteiger partial charge in [0, 0.05) is 12.4 Å². The maximum Gasteiger partial charge on any atom is 0.255 e. The molecule has 0 spiro atoms. The molecule has 1 rings (SSSR count). The van der Waals surface area contributed by atoms with Crippen LogP contribution in [0.15, 0.2) is 24.5 Å². The predicted molar refractivity (Wildman–Crippen MR) is 42.4 cm³/mol. The van der Waals surface area contributed by atoms with E-state index in [-0.39, 0.29) is 5.91 Å². The summed E-state index contributed by atoms with van der Waals surface area (Å²) in [6.07, 6.45) is 3.47. The van der Waals surface area contributed by atoms with Crippen molar-refractivity contribution < 1.29 is 4.79 Å². The van der Waals surface area contributed by atoms with E-state index in [2.05, 4.69) is 5.43 Å². The molecule has 0 aromatic carbocycles. The molecule has 60 valence electrons. The molecule has 0 bridgehead atoms. The van der Waals surface area contributed by atoms with Crippen molar-refractivity contribution in [2.24, 2.45) is 5.73 Å². The zero-order chi connectivity index (χ0) is 8.27. The highest BCUT2D eigenvalue weighted by atomic mass is 16.2. The summed E-state index contributed by atoms with van der Waals surface area (Å²) in [6.45, 7) is 1.64. The second-order valence-corrected chi connectivity index (χ2v) is 2.36. The van der Waals surface area contributed by atoms with E-state index in [1.807, 2.05) is 12.1 Å². The Hall–Kier alpha value is -1.29. The van der Waals surface area contributed by atoms with Crippen molar-refractivity contribution in [3.63, 3.8) is 0 Å². The van der Waals surface area contributed by atoms with Crippen molar-refractivity contribution >= 4 is 5.91 Å². The van der Waals surface area contributed by atoms with Gasteiger partial charge in [0.15, 0.2) is 0 Å². The van der Waals surface area contributed by atoms with E-state index in [0.29, 0.717) is 0 Å². The van der Waals surface area contributed by atoms with Gasteiger partial charge in [-0.2, -0.15) is 0 Å². The van der Waals surface area contributed by atoms with Crippen LogP contribution in [0.2, 0.25) is 0 Å². The Morgan fingerprint density at radius 2 is 2.09 bits per heavy atom. The molecule has 3 N–H and O–H groups in total. The molecular formula is C7H11N3O. The van der Waals surface area contributed by atoms with Gasteiger partial charge < -0.3 is 5.73 Å². The molecule has 1 atom stereocenters. The van der Waals surface area contributed by atoms with Crippen LogP contribution in [0.3, 0.4) is 0 Å². The van der Waals surface area contributed by atoms with Gasteiger partial charge in [-0.25, -0.2) is 0 Å². The fourth-order valence-corrected chi connectivity index (χ4v) is 0.638. The average Bonchev–Trinajstić information content (AvgIpc) is 2.39. The first kappa shape index (κ1) is 7.81. The number of amides is 1.